The van der Waals surface area contributed by atoms with Crippen LogP contribution in [0.15, 0.2) is 24.3 Å². The standard InChI is InChI=1S/C16H24N2O2/c1-16(17-2,15(19)20-3)12-18-10-6-9-13-7-4-5-8-14(13)11-18/h4-5,7-8,17H,6,9-12H2,1-3H3. The summed E-state index contributed by atoms with van der Waals surface area (Å²) in [6.07, 6.45) is 2.24. The Morgan fingerprint density at radius 1 is 1.40 bits per heavy atom. The molecule has 1 aliphatic heterocycles. The third kappa shape index (κ3) is 3.19. The van der Waals surface area contributed by atoms with E-state index in [1.165, 1.54) is 18.2 Å². The molecule has 1 unspecified atom stereocenters. The van der Waals surface area contributed by atoms with Gasteiger partial charge >= 0.3 is 5.97 Å². The van der Waals surface area contributed by atoms with E-state index in [0.717, 1.165) is 25.9 Å². The molecule has 0 amide bonds. The Bertz CT molecular complexity index is 475. The minimum Gasteiger partial charge on any atom is -0.468 e. The molecule has 1 N–H and O–H groups in total. The van der Waals surface area contributed by atoms with Crippen molar-refractivity contribution >= 4 is 5.97 Å². The van der Waals surface area contributed by atoms with Gasteiger partial charge in [0, 0.05) is 13.1 Å². The largest absolute Gasteiger partial charge is 0.468 e. The smallest absolute Gasteiger partial charge is 0.327 e. The lowest BCUT2D eigenvalue weighted by molar-refractivity contribution is -0.148. The Balaban J connectivity index is 2.12. The summed E-state index contributed by atoms with van der Waals surface area (Å²) in [4.78, 5) is 14.3. The number of carbonyl (C=O) groups is 1. The summed E-state index contributed by atoms with van der Waals surface area (Å²) in [6.45, 7) is 4.45. The highest BCUT2D eigenvalue weighted by Gasteiger charge is 2.35. The first-order chi connectivity index (χ1) is 9.59. The SMILES string of the molecule is CNC(C)(CN1CCCc2ccccc2C1)C(=O)OC. The number of nitrogens with one attached hydrogen (secondary N) is 1. The first-order valence-electron chi connectivity index (χ1n) is 7.15. The molecule has 1 heterocycles. The Kier molecular flexibility index (Phi) is 4.78. The number of methoxy groups -OCH3 is 1. The molecule has 0 aromatic heterocycles. The van der Waals surface area contributed by atoms with Gasteiger partial charge in [0.2, 0.25) is 0 Å². The van der Waals surface area contributed by atoms with Crippen LogP contribution in [0.25, 0.3) is 0 Å². The van der Waals surface area contributed by atoms with Crippen LogP contribution in [0.3, 0.4) is 0 Å². The zero-order valence-corrected chi connectivity index (χ0v) is 12.6. The topological polar surface area (TPSA) is 41.6 Å². The van der Waals surface area contributed by atoms with Gasteiger partial charge in [0.15, 0.2) is 0 Å². The summed E-state index contributed by atoms with van der Waals surface area (Å²) in [6, 6.07) is 8.57. The van der Waals surface area contributed by atoms with E-state index in [2.05, 4.69) is 34.5 Å². The number of esters is 1. The van der Waals surface area contributed by atoms with E-state index in [0.29, 0.717) is 6.54 Å². The molecule has 0 saturated heterocycles. The molecule has 0 fully saturated rings. The maximum absolute atomic E-state index is 12.0. The lowest BCUT2D eigenvalue weighted by Gasteiger charge is -2.32. The van der Waals surface area contributed by atoms with Crippen molar-refractivity contribution in [2.75, 3.05) is 27.2 Å². The van der Waals surface area contributed by atoms with Gasteiger partial charge in [-0.2, -0.15) is 0 Å². The van der Waals surface area contributed by atoms with Crippen molar-refractivity contribution in [3.05, 3.63) is 35.4 Å². The lowest BCUT2D eigenvalue weighted by Crippen LogP contribution is -2.56. The fourth-order valence-corrected chi connectivity index (χ4v) is 2.82. The van der Waals surface area contributed by atoms with Gasteiger partial charge in [-0.3, -0.25) is 9.69 Å². The number of aryl methyl sites for hydroxylation is 1. The number of carbonyl (C=O) groups excluding carboxylic acids is 1. The Labute approximate surface area is 121 Å². The Morgan fingerprint density at radius 2 is 2.10 bits per heavy atom. The molecule has 1 aromatic carbocycles. The summed E-state index contributed by atoms with van der Waals surface area (Å²) in [5.41, 5.74) is 2.14. The second-order valence-corrected chi connectivity index (χ2v) is 5.66. The third-order valence-electron chi connectivity index (χ3n) is 4.16. The van der Waals surface area contributed by atoms with Crippen LogP contribution in [0.1, 0.15) is 24.5 Å². The van der Waals surface area contributed by atoms with Crippen LogP contribution in [-0.2, 0) is 22.5 Å². The predicted molar refractivity (Wildman–Crippen MR) is 79.5 cm³/mol. The zero-order chi connectivity index (χ0) is 14.6. The van der Waals surface area contributed by atoms with Gasteiger partial charge in [-0.1, -0.05) is 24.3 Å². The fraction of sp³-hybridized carbons (Fsp3) is 0.562. The molecular formula is C16H24N2O2. The number of rotatable bonds is 4. The summed E-state index contributed by atoms with van der Waals surface area (Å²) >= 11 is 0. The molecule has 4 nitrogen and oxygen atoms in total. The molecule has 4 heteroatoms. The van der Waals surface area contributed by atoms with Crippen LogP contribution in [0.2, 0.25) is 0 Å². The molecule has 0 spiro atoms. The van der Waals surface area contributed by atoms with Crippen LogP contribution in [0.4, 0.5) is 0 Å². The van der Waals surface area contributed by atoms with Gasteiger partial charge in [0.25, 0.3) is 0 Å². The van der Waals surface area contributed by atoms with E-state index < -0.39 is 5.54 Å². The first kappa shape index (κ1) is 15.0. The second-order valence-electron chi connectivity index (χ2n) is 5.66. The van der Waals surface area contributed by atoms with Gasteiger partial charge < -0.3 is 10.1 Å². The van der Waals surface area contributed by atoms with Crippen LogP contribution >= 0.6 is 0 Å². The van der Waals surface area contributed by atoms with Crippen molar-refractivity contribution in [2.24, 2.45) is 0 Å². The highest BCUT2D eigenvalue weighted by molar-refractivity contribution is 5.80. The summed E-state index contributed by atoms with van der Waals surface area (Å²) < 4.78 is 4.92. The maximum Gasteiger partial charge on any atom is 0.327 e. The molecule has 110 valence electrons. The highest BCUT2D eigenvalue weighted by Crippen LogP contribution is 2.20. The average Bonchev–Trinajstić information content (AvgIpc) is 2.67. The van der Waals surface area contributed by atoms with E-state index in [9.17, 15) is 4.79 Å². The van der Waals surface area contributed by atoms with E-state index >= 15 is 0 Å². The monoisotopic (exact) mass is 276 g/mol. The highest BCUT2D eigenvalue weighted by atomic mass is 16.5. The fourth-order valence-electron chi connectivity index (χ4n) is 2.82. The van der Waals surface area contributed by atoms with Gasteiger partial charge in [-0.05, 0) is 44.5 Å². The Hall–Kier alpha value is -1.39. The van der Waals surface area contributed by atoms with Crippen molar-refractivity contribution in [3.63, 3.8) is 0 Å². The van der Waals surface area contributed by atoms with Crippen LogP contribution < -0.4 is 5.32 Å². The Morgan fingerprint density at radius 3 is 2.75 bits per heavy atom. The van der Waals surface area contributed by atoms with Crippen molar-refractivity contribution in [3.8, 4) is 0 Å². The second kappa shape index (κ2) is 6.37. The quantitative estimate of drug-likeness (QED) is 0.848. The van der Waals surface area contributed by atoms with Crippen molar-refractivity contribution in [2.45, 2.75) is 31.8 Å². The van der Waals surface area contributed by atoms with Crippen molar-refractivity contribution < 1.29 is 9.53 Å². The number of hydrogen-bond acceptors (Lipinski definition) is 4. The number of ether oxygens (including phenoxy) is 1. The maximum atomic E-state index is 12.0. The molecule has 1 aliphatic rings. The van der Waals surface area contributed by atoms with Crippen LogP contribution in [0, 0.1) is 0 Å². The molecule has 0 aliphatic carbocycles. The first-order valence-corrected chi connectivity index (χ1v) is 7.15. The molecular weight excluding hydrogens is 252 g/mol. The zero-order valence-electron chi connectivity index (χ0n) is 12.6. The van der Waals surface area contributed by atoms with E-state index in [1.54, 1.807) is 0 Å². The van der Waals surface area contributed by atoms with Crippen molar-refractivity contribution in [1.82, 2.24) is 10.2 Å². The normalized spacial score (nSPS) is 18.8. The lowest BCUT2D eigenvalue weighted by atomic mass is 10.0. The van der Waals surface area contributed by atoms with Crippen LogP contribution in [0.5, 0.6) is 0 Å². The van der Waals surface area contributed by atoms with Crippen molar-refractivity contribution in [1.29, 1.82) is 0 Å². The van der Waals surface area contributed by atoms with E-state index in [4.69, 9.17) is 4.74 Å². The van der Waals surface area contributed by atoms with Gasteiger partial charge in [0.1, 0.15) is 5.54 Å². The molecule has 2 rings (SSSR count). The average molecular weight is 276 g/mol. The van der Waals surface area contributed by atoms with Crippen LogP contribution in [-0.4, -0.2) is 43.7 Å². The summed E-state index contributed by atoms with van der Waals surface area (Å²) in [5, 5.41) is 3.10. The number of benzene rings is 1. The molecule has 1 aromatic rings. The predicted octanol–water partition coefficient (Wildman–Crippen LogP) is 1.59. The molecule has 0 bridgehead atoms. The van der Waals surface area contributed by atoms with Gasteiger partial charge in [-0.25, -0.2) is 0 Å². The van der Waals surface area contributed by atoms with E-state index in [-0.39, 0.29) is 5.97 Å². The third-order valence-corrected chi connectivity index (χ3v) is 4.16. The molecule has 0 saturated carbocycles. The minimum atomic E-state index is -0.659. The molecule has 20 heavy (non-hydrogen) atoms. The number of hydrogen-bond donors (Lipinski definition) is 1. The summed E-state index contributed by atoms with van der Waals surface area (Å²) in [7, 11) is 3.25. The van der Waals surface area contributed by atoms with Gasteiger partial charge in [-0.15, -0.1) is 0 Å². The number of nitrogens with zero attached hydrogens (tertiary/aromatic N) is 1. The molecule has 1 atom stereocenters. The van der Waals surface area contributed by atoms with Gasteiger partial charge in [0.05, 0.1) is 7.11 Å². The summed E-state index contributed by atoms with van der Waals surface area (Å²) in [5.74, 6) is -0.211. The number of fused-ring (bicyclic) bond motifs is 1. The molecule has 0 radical (unpaired) electrons. The minimum absolute atomic E-state index is 0.211. The number of likely N-dealkylation sites (N-methyl/N-ethyl adjacent to an activating group) is 1. The van der Waals surface area contributed by atoms with E-state index in [1.807, 2.05) is 14.0 Å².